The predicted molar refractivity (Wildman–Crippen MR) is 142 cm³/mol. The molecule has 2 aromatic carbocycles. The number of para-hydroxylation sites is 1. The molecule has 190 valence electrons. The van der Waals surface area contributed by atoms with Crippen molar-refractivity contribution in [3.8, 4) is 17.0 Å². The highest BCUT2D eigenvalue weighted by molar-refractivity contribution is 6.01. The quantitative estimate of drug-likeness (QED) is 0.397. The molecule has 2 heterocycles. The SMILES string of the molecule is CC(C)(CCCC(=O)O)NC(=O)c1ccc2c(C3CCCCC3)c3n(c2c1)CCOc1ccccc1-3. The molecule has 1 aliphatic carbocycles. The van der Waals surface area contributed by atoms with Crippen LogP contribution in [0, 0.1) is 0 Å². The molecule has 1 fully saturated rings. The van der Waals surface area contributed by atoms with Gasteiger partial charge in [0.2, 0.25) is 0 Å². The number of fused-ring (bicyclic) bond motifs is 5. The van der Waals surface area contributed by atoms with Gasteiger partial charge in [-0.1, -0.05) is 37.5 Å². The van der Waals surface area contributed by atoms with Crippen molar-refractivity contribution in [2.75, 3.05) is 6.61 Å². The van der Waals surface area contributed by atoms with Crippen molar-refractivity contribution in [2.24, 2.45) is 0 Å². The fourth-order valence-corrected chi connectivity index (χ4v) is 6.00. The monoisotopic (exact) mass is 488 g/mol. The van der Waals surface area contributed by atoms with Crippen molar-refractivity contribution in [3.63, 3.8) is 0 Å². The van der Waals surface area contributed by atoms with Gasteiger partial charge in [0.05, 0.1) is 12.2 Å². The summed E-state index contributed by atoms with van der Waals surface area (Å²) in [6, 6.07) is 14.4. The number of nitrogens with zero attached hydrogens (tertiary/aromatic N) is 1. The van der Waals surface area contributed by atoms with E-state index in [4.69, 9.17) is 9.84 Å². The third-order valence-electron chi connectivity index (χ3n) is 7.74. The van der Waals surface area contributed by atoms with E-state index >= 15 is 0 Å². The number of amides is 1. The highest BCUT2D eigenvalue weighted by Crippen LogP contribution is 2.47. The largest absolute Gasteiger partial charge is 0.491 e. The lowest BCUT2D eigenvalue weighted by molar-refractivity contribution is -0.137. The van der Waals surface area contributed by atoms with E-state index in [1.54, 1.807) is 0 Å². The number of carboxylic acid groups (broad SMARTS) is 1. The second kappa shape index (κ2) is 10.00. The maximum atomic E-state index is 13.3. The van der Waals surface area contributed by atoms with Gasteiger partial charge in [-0.15, -0.1) is 0 Å². The molecule has 0 spiro atoms. The molecule has 0 atom stereocenters. The molecule has 1 aliphatic heterocycles. The average molecular weight is 489 g/mol. The molecule has 6 nitrogen and oxygen atoms in total. The summed E-state index contributed by atoms with van der Waals surface area (Å²) >= 11 is 0. The summed E-state index contributed by atoms with van der Waals surface area (Å²) in [5.74, 6) is 0.502. The standard InChI is InChI=1S/C30H36N2O4/c1-30(2,16-8-13-26(33)34)31-29(35)21-14-15-22-24(19-21)32-17-18-36-25-12-7-6-11-23(25)28(32)27(22)20-9-4-3-5-10-20/h6-7,11-12,14-15,19-20H,3-5,8-10,13,16-18H2,1-2H3,(H,31,35)(H,33,34). The molecule has 1 saturated carbocycles. The summed E-state index contributed by atoms with van der Waals surface area (Å²) < 4.78 is 8.50. The van der Waals surface area contributed by atoms with E-state index in [1.165, 1.54) is 48.7 Å². The summed E-state index contributed by atoms with van der Waals surface area (Å²) in [6.07, 6.45) is 7.44. The Hall–Kier alpha value is -3.28. The summed E-state index contributed by atoms with van der Waals surface area (Å²) in [6.45, 7) is 5.22. The van der Waals surface area contributed by atoms with Crippen LogP contribution in [0.15, 0.2) is 42.5 Å². The number of carboxylic acids is 1. The van der Waals surface area contributed by atoms with E-state index in [9.17, 15) is 9.59 Å². The minimum absolute atomic E-state index is 0.106. The Morgan fingerprint density at radius 1 is 1.11 bits per heavy atom. The highest BCUT2D eigenvalue weighted by Gasteiger charge is 2.30. The van der Waals surface area contributed by atoms with Gasteiger partial charge in [-0.25, -0.2) is 0 Å². The average Bonchev–Trinajstić information content (AvgIpc) is 3.05. The summed E-state index contributed by atoms with van der Waals surface area (Å²) in [5, 5.41) is 13.3. The van der Waals surface area contributed by atoms with Gasteiger partial charge in [0.25, 0.3) is 5.91 Å². The molecule has 5 rings (SSSR count). The van der Waals surface area contributed by atoms with E-state index in [0.717, 1.165) is 23.4 Å². The molecule has 2 aliphatic rings. The van der Waals surface area contributed by atoms with Crippen LogP contribution in [0.4, 0.5) is 0 Å². The smallest absolute Gasteiger partial charge is 0.303 e. The van der Waals surface area contributed by atoms with Gasteiger partial charge < -0.3 is 19.7 Å². The minimum atomic E-state index is -0.809. The molecule has 2 N–H and O–H groups in total. The van der Waals surface area contributed by atoms with Crippen LogP contribution in [0.2, 0.25) is 0 Å². The Morgan fingerprint density at radius 3 is 2.67 bits per heavy atom. The van der Waals surface area contributed by atoms with Crippen LogP contribution in [-0.4, -0.2) is 33.7 Å². The highest BCUT2D eigenvalue weighted by atomic mass is 16.5. The van der Waals surface area contributed by atoms with Gasteiger partial charge in [-0.05, 0) is 75.3 Å². The number of carbonyl (C=O) groups excluding carboxylic acids is 1. The van der Waals surface area contributed by atoms with Crippen molar-refractivity contribution in [1.82, 2.24) is 9.88 Å². The van der Waals surface area contributed by atoms with Crippen LogP contribution >= 0.6 is 0 Å². The van der Waals surface area contributed by atoms with Crippen LogP contribution in [0.3, 0.4) is 0 Å². The Bertz CT molecular complexity index is 1280. The van der Waals surface area contributed by atoms with Gasteiger partial charge >= 0.3 is 5.97 Å². The zero-order valence-corrected chi connectivity index (χ0v) is 21.3. The number of carbonyl (C=O) groups is 2. The molecule has 0 bridgehead atoms. The summed E-state index contributed by atoms with van der Waals surface area (Å²) in [7, 11) is 0. The number of ether oxygens (including phenoxy) is 1. The van der Waals surface area contributed by atoms with Crippen LogP contribution in [-0.2, 0) is 11.3 Å². The van der Waals surface area contributed by atoms with Gasteiger partial charge in [0.15, 0.2) is 0 Å². The fraction of sp³-hybridized carbons (Fsp3) is 0.467. The van der Waals surface area contributed by atoms with Crippen LogP contribution in [0.1, 0.15) is 87.1 Å². The Labute approximate surface area is 212 Å². The number of hydrogen-bond acceptors (Lipinski definition) is 3. The lowest BCUT2D eigenvalue weighted by atomic mass is 9.81. The lowest BCUT2D eigenvalue weighted by Crippen LogP contribution is -2.43. The first kappa shape index (κ1) is 24.4. The van der Waals surface area contributed by atoms with Crippen molar-refractivity contribution in [1.29, 1.82) is 0 Å². The number of rotatable bonds is 7. The minimum Gasteiger partial charge on any atom is -0.491 e. The molecule has 1 aromatic heterocycles. The molecular weight excluding hydrogens is 452 g/mol. The predicted octanol–water partition coefficient (Wildman–Crippen LogP) is 6.51. The van der Waals surface area contributed by atoms with Crippen molar-refractivity contribution in [3.05, 3.63) is 53.6 Å². The normalized spacial score (nSPS) is 16.1. The lowest BCUT2D eigenvalue weighted by Gasteiger charge is -2.26. The van der Waals surface area contributed by atoms with Gasteiger partial charge in [-0.3, -0.25) is 9.59 Å². The molecule has 3 aromatic rings. The fourth-order valence-electron chi connectivity index (χ4n) is 6.00. The second-order valence-corrected chi connectivity index (χ2v) is 10.9. The molecular formula is C30H36N2O4. The Morgan fingerprint density at radius 2 is 1.89 bits per heavy atom. The topological polar surface area (TPSA) is 80.6 Å². The summed E-state index contributed by atoms with van der Waals surface area (Å²) in [4.78, 5) is 24.2. The molecule has 1 amide bonds. The van der Waals surface area contributed by atoms with E-state index in [-0.39, 0.29) is 12.3 Å². The van der Waals surface area contributed by atoms with Crippen molar-refractivity contribution >= 4 is 22.8 Å². The van der Waals surface area contributed by atoms with Gasteiger partial charge in [0, 0.05) is 34.0 Å². The molecule has 0 saturated heterocycles. The Kier molecular flexibility index (Phi) is 6.78. The van der Waals surface area contributed by atoms with Gasteiger partial charge in [-0.2, -0.15) is 0 Å². The van der Waals surface area contributed by atoms with E-state index in [1.807, 2.05) is 32.0 Å². The summed E-state index contributed by atoms with van der Waals surface area (Å²) in [5.41, 5.74) is 5.01. The van der Waals surface area contributed by atoms with E-state index in [0.29, 0.717) is 30.9 Å². The molecule has 0 unspecified atom stereocenters. The number of aliphatic carboxylic acids is 1. The second-order valence-electron chi connectivity index (χ2n) is 10.9. The number of nitrogens with one attached hydrogen (secondary N) is 1. The third kappa shape index (κ3) is 4.86. The van der Waals surface area contributed by atoms with Crippen LogP contribution < -0.4 is 10.1 Å². The zero-order chi connectivity index (χ0) is 25.3. The number of aromatic nitrogens is 1. The molecule has 36 heavy (non-hydrogen) atoms. The molecule has 6 heteroatoms. The van der Waals surface area contributed by atoms with Crippen molar-refractivity contribution in [2.45, 2.75) is 83.2 Å². The zero-order valence-electron chi connectivity index (χ0n) is 21.3. The molecule has 0 radical (unpaired) electrons. The van der Waals surface area contributed by atoms with Crippen LogP contribution in [0.5, 0.6) is 5.75 Å². The maximum Gasteiger partial charge on any atom is 0.303 e. The van der Waals surface area contributed by atoms with E-state index in [2.05, 4.69) is 34.1 Å². The first-order chi connectivity index (χ1) is 17.3. The number of hydrogen-bond donors (Lipinski definition) is 2. The first-order valence-electron chi connectivity index (χ1n) is 13.3. The van der Waals surface area contributed by atoms with E-state index < -0.39 is 11.5 Å². The maximum absolute atomic E-state index is 13.3. The Balaban J connectivity index is 1.55. The number of benzene rings is 2. The van der Waals surface area contributed by atoms with Crippen molar-refractivity contribution < 1.29 is 19.4 Å². The first-order valence-corrected chi connectivity index (χ1v) is 13.3. The van der Waals surface area contributed by atoms with Crippen LogP contribution in [0.25, 0.3) is 22.2 Å². The third-order valence-corrected chi connectivity index (χ3v) is 7.74. The van der Waals surface area contributed by atoms with Gasteiger partial charge in [0.1, 0.15) is 12.4 Å².